The lowest BCUT2D eigenvalue weighted by Crippen LogP contribution is -2.12. The lowest BCUT2D eigenvalue weighted by Gasteiger charge is -2.10. The van der Waals surface area contributed by atoms with Crippen LogP contribution < -0.4 is 5.73 Å². The first-order chi connectivity index (χ1) is 9.74. The molecular weight excluding hydrogens is 261 g/mol. The van der Waals surface area contributed by atoms with Crippen molar-refractivity contribution in [3.63, 3.8) is 0 Å². The van der Waals surface area contributed by atoms with Gasteiger partial charge in [0.25, 0.3) is 0 Å². The molecule has 3 rings (SSSR count). The van der Waals surface area contributed by atoms with Crippen molar-refractivity contribution in [3.05, 3.63) is 24.0 Å². The third kappa shape index (κ3) is 2.62. The second-order valence-corrected chi connectivity index (χ2v) is 4.89. The Morgan fingerprint density at radius 1 is 1.45 bits per heavy atom. The number of benzene rings is 1. The number of hydrogen-bond donors (Lipinski definition) is 1. The van der Waals surface area contributed by atoms with Crippen LogP contribution in [0, 0.1) is 5.82 Å². The zero-order valence-electron chi connectivity index (χ0n) is 11.0. The summed E-state index contributed by atoms with van der Waals surface area (Å²) in [5, 5.41) is 11.6. The average molecular weight is 277 g/mol. The SMILES string of the molecule is Nc1cc(-c2nnnn2CCC2CCCO2)ccc1F. The van der Waals surface area contributed by atoms with E-state index in [0.717, 1.165) is 25.9 Å². The lowest BCUT2D eigenvalue weighted by molar-refractivity contribution is 0.0994. The maximum Gasteiger partial charge on any atom is 0.182 e. The number of aryl methyl sites for hydroxylation is 1. The van der Waals surface area contributed by atoms with E-state index in [4.69, 9.17) is 10.5 Å². The highest BCUT2D eigenvalue weighted by Crippen LogP contribution is 2.22. The Kier molecular flexibility index (Phi) is 3.60. The predicted octanol–water partition coefficient (Wildman–Crippen LogP) is 1.63. The van der Waals surface area contributed by atoms with Crippen molar-refractivity contribution in [1.29, 1.82) is 0 Å². The smallest absolute Gasteiger partial charge is 0.182 e. The van der Waals surface area contributed by atoms with E-state index in [-0.39, 0.29) is 11.8 Å². The molecule has 0 aliphatic carbocycles. The van der Waals surface area contributed by atoms with Gasteiger partial charge in [-0.15, -0.1) is 5.10 Å². The molecule has 0 saturated carbocycles. The van der Waals surface area contributed by atoms with Gasteiger partial charge in [0.05, 0.1) is 11.8 Å². The molecule has 0 spiro atoms. The van der Waals surface area contributed by atoms with Crippen LogP contribution in [0.3, 0.4) is 0 Å². The molecule has 2 aromatic rings. The Labute approximate surface area is 115 Å². The number of nitrogen functional groups attached to an aromatic ring is 1. The minimum atomic E-state index is -0.438. The molecule has 1 aromatic carbocycles. The number of tetrazole rings is 1. The van der Waals surface area contributed by atoms with Crippen LogP contribution in [0.25, 0.3) is 11.4 Å². The largest absolute Gasteiger partial charge is 0.396 e. The monoisotopic (exact) mass is 277 g/mol. The number of halogens is 1. The Balaban J connectivity index is 1.76. The van der Waals surface area contributed by atoms with Gasteiger partial charge in [-0.25, -0.2) is 9.07 Å². The second kappa shape index (κ2) is 5.54. The van der Waals surface area contributed by atoms with E-state index in [1.54, 1.807) is 16.8 Å². The van der Waals surface area contributed by atoms with Gasteiger partial charge in [0.1, 0.15) is 5.82 Å². The summed E-state index contributed by atoms with van der Waals surface area (Å²) in [6.07, 6.45) is 3.35. The molecule has 106 valence electrons. The second-order valence-electron chi connectivity index (χ2n) is 4.89. The van der Waals surface area contributed by atoms with E-state index in [0.29, 0.717) is 17.9 Å². The standard InChI is InChI=1S/C13H16FN5O/c14-11-4-3-9(8-12(11)15)13-16-17-18-19(13)6-5-10-2-1-7-20-10/h3-4,8,10H,1-2,5-7,15H2. The summed E-state index contributed by atoms with van der Waals surface area (Å²) in [6.45, 7) is 1.51. The van der Waals surface area contributed by atoms with Crippen LogP contribution in [0.1, 0.15) is 19.3 Å². The van der Waals surface area contributed by atoms with Gasteiger partial charge in [0.2, 0.25) is 0 Å². The van der Waals surface area contributed by atoms with Gasteiger partial charge in [-0.2, -0.15) is 0 Å². The summed E-state index contributed by atoms with van der Waals surface area (Å²) in [5.74, 6) is 0.154. The molecule has 1 unspecified atom stereocenters. The van der Waals surface area contributed by atoms with E-state index < -0.39 is 5.82 Å². The summed E-state index contributed by atoms with van der Waals surface area (Å²) in [5.41, 5.74) is 6.38. The van der Waals surface area contributed by atoms with E-state index in [1.165, 1.54) is 6.07 Å². The van der Waals surface area contributed by atoms with Gasteiger partial charge in [-0.1, -0.05) is 0 Å². The molecule has 1 aliphatic heterocycles. The molecule has 6 nitrogen and oxygen atoms in total. The minimum absolute atomic E-state index is 0.0937. The van der Waals surface area contributed by atoms with Crippen LogP contribution in [0.5, 0.6) is 0 Å². The Hall–Kier alpha value is -2.02. The molecular formula is C13H16FN5O. The van der Waals surface area contributed by atoms with Crippen molar-refractivity contribution in [2.24, 2.45) is 0 Å². The highest BCUT2D eigenvalue weighted by molar-refractivity contribution is 5.61. The normalized spacial score (nSPS) is 18.6. The van der Waals surface area contributed by atoms with Crippen LogP contribution in [0.4, 0.5) is 10.1 Å². The maximum absolute atomic E-state index is 13.2. The molecule has 1 aromatic heterocycles. The Morgan fingerprint density at radius 2 is 2.35 bits per heavy atom. The van der Waals surface area contributed by atoms with Crippen molar-refractivity contribution in [3.8, 4) is 11.4 Å². The van der Waals surface area contributed by atoms with Crippen molar-refractivity contribution < 1.29 is 9.13 Å². The quantitative estimate of drug-likeness (QED) is 0.859. The van der Waals surface area contributed by atoms with Gasteiger partial charge in [-0.05, 0) is 47.9 Å². The van der Waals surface area contributed by atoms with Crippen molar-refractivity contribution in [2.75, 3.05) is 12.3 Å². The number of rotatable bonds is 4. The molecule has 0 bridgehead atoms. The number of hydrogen-bond acceptors (Lipinski definition) is 5. The summed E-state index contributed by atoms with van der Waals surface area (Å²) >= 11 is 0. The van der Waals surface area contributed by atoms with E-state index in [1.807, 2.05) is 0 Å². The Bertz CT molecular complexity index is 594. The molecule has 1 saturated heterocycles. The maximum atomic E-state index is 13.2. The third-order valence-electron chi connectivity index (χ3n) is 3.47. The summed E-state index contributed by atoms with van der Waals surface area (Å²) in [7, 11) is 0. The van der Waals surface area contributed by atoms with Crippen LogP contribution >= 0.6 is 0 Å². The van der Waals surface area contributed by atoms with Crippen LogP contribution in [0.15, 0.2) is 18.2 Å². The number of anilines is 1. The zero-order chi connectivity index (χ0) is 13.9. The van der Waals surface area contributed by atoms with Gasteiger partial charge in [0, 0.05) is 18.7 Å². The average Bonchev–Trinajstić information content (AvgIpc) is 3.10. The predicted molar refractivity (Wildman–Crippen MR) is 71.2 cm³/mol. The Morgan fingerprint density at radius 3 is 3.10 bits per heavy atom. The molecule has 1 fully saturated rings. The number of nitrogens with two attached hydrogens (primary N) is 1. The minimum Gasteiger partial charge on any atom is -0.396 e. The fourth-order valence-electron chi connectivity index (χ4n) is 2.38. The first kappa shape index (κ1) is 13.0. The molecule has 1 aliphatic rings. The first-order valence-corrected chi connectivity index (χ1v) is 6.67. The molecule has 20 heavy (non-hydrogen) atoms. The van der Waals surface area contributed by atoms with Gasteiger partial charge >= 0.3 is 0 Å². The van der Waals surface area contributed by atoms with Crippen LogP contribution in [0.2, 0.25) is 0 Å². The van der Waals surface area contributed by atoms with E-state index >= 15 is 0 Å². The summed E-state index contributed by atoms with van der Waals surface area (Å²) in [4.78, 5) is 0. The van der Waals surface area contributed by atoms with Crippen LogP contribution in [-0.4, -0.2) is 32.9 Å². The van der Waals surface area contributed by atoms with Crippen molar-refractivity contribution in [2.45, 2.75) is 31.9 Å². The van der Waals surface area contributed by atoms with Crippen molar-refractivity contribution >= 4 is 5.69 Å². The lowest BCUT2D eigenvalue weighted by atomic mass is 10.1. The summed E-state index contributed by atoms with van der Waals surface area (Å²) < 4.78 is 20.5. The molecule has 0 radical (unpaired) electrons. The zero-order valence-corrected chi connectivity index (χ0v) is 11.0. The highest BCUT2D eigenvalue weighted by atomic mass is 19.1. The molecule has 2 heterocycles. The van der Waals surface area contributed by atoms with Gasteiger partial charge < -0.3 is 10.5 Å². The first-order valence-electron chi connectivity index (χ1n) is 6.67. The molecule has 2 N–H and O–H groups in total. The van der Waals surface area contributed by atoms with Crippen molar-refractivity contribution in [1.82, 2.24) is 20.2 Å². The number of nitrogens with zero attached hydrogens (tertiary/aromatic N) is 4. The van der Waals surface area contributed by atoms with Gasteiger partial charge in [0.15, 0.2) is 5.82 Å². The summed E-state index contributed by atoms with van der Waals surface area (Å²) in [6, 6.07) is 4.49. The fourth-order valence-corrected chi connectivity index (χ4v) is 2.38. The fraction of sp³-hybridized carbons (Fsp3) is 0.462. The van der Waals surface area contributed by atoms with E-state index in [9.17, 15) is 4.39 Å². The third-order valence-corrected chi connectivity index (χ3v) is 3.47. The number of aromatic nitrogens is 4. The van der Waals surface area contributed by atoms with Gasteiger partial charge in [-0.3, -0.25) is 0 Å². The molecule has 7 heteroatoms. The van der Waals surface area contributed by atoms with Crippen LogP contribution in [-0.2, 0) is 11.3 Å². The topological polar surface area (TPSA) is 78.9 Å². The molecule has 1 atom stereocenters. The highest BCUT2D eigenvalue weighted by Gasteiger charge is 2.17. The van der Waals surface area contributed by atoms with E-state index in [2.05, 4.69) is 15.5 Å². The molecule has 0 amide bonds. The number of ether oxygens (including phenoxy) is 1.